The second-order valence-electron chi connectivity index (χ2n) is 3.73. The Balaban J connectivity index is 2.42. The average Bonchev–Trinajstić information content (AvgIpc) is 2.32. The van der Waals surface area contributed by atoms with Gasteiger partial charge in [-0.3, -0.25) is 10.1 Å². The number of ether oxygens (including phenoxy) is 1. The van der Waals surface area contributed by atoms with Gasteiger partial charge in [0.2, 0.25) is 0 Å². The minimum Gasteiger partial charge on any atom is -0.433 e. The summed E-state index contributed by atoms with van der Waals surface area (Å²) in [6.07, 6.45) is 0. The van der Waals surface area contributed by atoms with Crippen molar-refractivity contribution >= 4 is 17.3 Å². The van der Waals surface area contributed by atoms with Crippen molar-refractivity contribution in [3.8, 4) is 11.6 Å². The monoisotopic (exact) mass is 282 g/mol. The van der Waals surface area contributed by atoms with Crippen molar-refractivity contribution in [1.82, 2.24) is 4.98 Å². The molecule has 0 aliphatic carbocycles. The number of nitro groups is 1. The third kappa shape index (κ3) is 2.97. The van der Waals surface area contributed by atoms with Crippen molar-refractivity contribution in [2.75, 3.05) is 0 Å². The van der Waals surface area contributed by atoms with E-state index in [4.69, 9.17) is 16.3 Å². The van der Waals surface area contributed by atoms with Gasteiger partial charge in [0, 0.05) is 6.07 Å². The zero-order valence-corrected chi connectivity index (χ0v) is 10.5. The molecular formula is C12H8ClFN2O3. The van der Waals surface area contributed by atoms with Crippen LogP contribution < -0.4 is 4.74 Å². The summed E-state index contributed by atoms with van der Waals surface area (Å²) in [6.45, 7) is 1.62. The summed E-state index contributed by atoms with van der Waals surface area (Å²) in [4.78, 5) is 14.0. The number of hydrogen-bond acceptors (Lipinski definition) is 4. The molecule has 0 unspecified atom stereocenters. The van der Waals surface area contributed by atoms with Crippen LogP contribution in [0.2, 0.25) is 5.15 Å². The van der Waals surface area contributed by atoms with Gasteiger partial charge in [-0.25, -0.2) is 4.39 Å². The zero-order valence-electron chi connectivity index (χ0n) is 9.76. The number of aryl methyl sites for hydroxylation is 1. The van der Waals surface area contributed by atoms with Gasteiger partial charge >= 0.3 is 11.6 Å². The number of pyridine rings is 1. The van der Waals surface area contributed by atoms with Crippen LogP contribution in [0.15, 0.2) is 30.3 Å². The third-order valence-electron chi connectivity index (χ3n) is 2.35. The van der Waals surface area contributed by atoms with E-state index >= 15 is 0 Å². The minimum atomic E-state index is -0.627. The maximum atomic E-state index is 13.0. The molecule has 0 radical (unpaired) electrons. The Kier molecular flexibility index (Phi) is 3.62. The molecule has 2 rings (SSSR count). The first-order chi connectivity index (χ1) is 8.97. The van der Waals surface area contributed by atoms with Gasteiger partial charge in [0.15, 0.2) is 0 Å². The van der Waals surface area contributed by atoms with Crippen LogP contribution in [0.25, 0.3) is 0 Å². The molecule has 0 fully saturated rings. The first-order valence-corrected chi connectivity index (χ1v) is 5.60. The van der Waals surface area contributed by atoms with Gasteiger partial charge in [-0.05, 0) is 36.8 Å². The standard InChI is InChI=1S/C12H8ClFN2O3/c1-7-6-8(14)2-4-10(7)19-12-9(16(17)18)3-5-11(13)15-12/h2-6H,1H3. The molecule has 0 saturated carbocycles. The van der Waals surface area contributed by atoms with Gasteiger partial charge < -0.3 is 4.74 Å². The van der Waals surface area contributed by atoms with E-state index in [9.17, 15) is 14.5 Å². The van der Waals surface area contributed by atoms with Crippen LogP contribution >= 0.6 is 11.6 Å². The van der Waals surface area contributed by atoms with E-state index < -0.39 is 10.7 Å². The third-order valence-corrected chi connectivity index (χ3v) is 2.56. The number of halogens is 2. The Morgan fingerprint density at radius 3 is 2.74 bits per heavy atom. The Labute approximate surface area is 112 Å². The molecule has 2 aromatic rings. The molecular weight excluding hydrogens is 275 g/mol. The molecule has 0 saturated heterocycles. The van der Waals surface area contributed by atoms with Crippen LogP contribution in [-0.4, -0.2) is 9.91 Å². The molecule has 0 spiro atoms. The summed E-state index contributed by atoms with van der Waals surface area (Å²) in [5.74, 6) is -0.370. The fourth-order valence-electron chi connectivity index (χ4n) is 1.46. The lowest BCUT2D eigenvalue weighted by Gasteiger charge is -2.08. The highest BCUT2D eigenvalue weighted by Gasteiger charge is 2.18. The fourth-order valence-corrected chi connectivity index (χ4v) is 1.60. The fraction of sp³-hybridized carbons (Fsp3) is 0.0833. The normalized spacial score (nSPS) is 10.3. The quantitative estimate of drug-likeness (QED) is 0.487. The number of rotatable bonds is 3. The smallest absolute Gasteiger partial charge is 0.331 e. The molecule has 1 heterocycles. The van der Waals surface area contributed by atoms with E-state index in [1.165, 1.54) is 30.3 Å². The molecule has 7 heteroatoms. The summed E-state index contributed by atoms with van der Waals surface area (Å²) in [5.41, 5.74) is 0.184. The van der Waals surface area contributed by atoms with Crippen LogP contribution in [0.5, 0.6) is 11.6 Å². The van der Waals surface area contributed by atoms with Crippen LogP contribution in [0.1, 0.15) is 5.56 Å². The summed E-state index contributed by atoms with van der Waals surface area (Å²) >= 11 is 5.68. The summed E-state index contributed by atoms with van der Waals surface area (Å²) in [7, 11) is 0. The van der Waals surface area contributed by atoms with Crippen molar-refractivity contribution in [2.24, 2.45) is 0 Å². The van der Waals surface area contributed by atoms with Crippen molar-refractivity contribution < 1.29 is 14.1 Å². The van der Waals surface area contributed by atoms with Gasteiger partial charge in [0.05, 0.1) is 4.92 Å². The lowest BCUT2D eigenvalue weighted by molar-refractivity contribution is -0.386. The highest BCUT2D eigenvalue weighted by Crippen LogP contribution is 2.32. The van der Waals surface area contributed by atoms with E-state index in [0.29, 0.717) is 5.56 Å². The molecule has 0 aliphatic heterocycles. The van der Waals surface area contributed by atoms with Crippen molar-refractivity contribution in [2.45, 2.75) is 6.92 Å². The highest BCUT2D eigenvalue weighted by atomic mass is 35.5. The maximum absolute atomic E-state index is 13.0. The van der Waals surface area contributed by atoms with E-state index in [-0.39, 0.29) is 22.5 Å². The van der Waals surface area contributed by atoms with Gasteiger partial charge in [-0.2, -0.15) is 4.98 Å². The largest absolute Gasteiger partial charge is 0.433 e. The Morgan fingerprint density at radius 1 is 1.37 bits per heavy atom. The van der Waals surface area contributed by atoms with Crippen LogP contribution in [-0.2, 0) is 0 Å². The second kappa shape index (κ2) is 5.19. The molecule has 5 nitrogen and oxygen atoms in total. The number of aromatic nitrogens is 1. The van der Waals surface area contributed by atoms with Gasteiger partial charge in [0.1, 0.15) is 16.7 Å². The molecule has 98 valence electrons. The first kappa shape index (κ1) is 13.2. The van der Waals surface area contributed by atoms with Crippen LogP contribution in [0.3, 0.4) is 0 Å². The Morgan fingerprint density at radius 2 is 2.11 bits per heavy atom. The van der Waals surface area contributed by atoms with Gasteiger partial charge in [-0.15, -0.1) is 0 Å². The maximum Gasteiger partial charge on any atom is 0.331 e. The van der Waals surface area contributed by atoms with Gasteiger partial charge in [-0.1, -0.05) is 11.6 Å². The number of nitrogens with zero attached hydrogens (tertiary/aromatic N) is 2. The van der Waals surface area contributed by atoms with Crippen molar-refractivity contribution in [3.05, 3.63) is 57.0 Å². The molecule has 1 aromatic carbocycles. The van der Waals surface area contributed by atoms with E-state index in [2.05, 4.69) is 4.98 Å². The molecule has 0 N–H and O–H groups in total. The summed E-state index contributed by atoms with van der Waals surface area (Å²) in [5, 5.41) is 10.9. The SMILES string of the molecule is Cc1cc(F)ccc1Oc1nc(Cl)ccc1[N+](=O)[O-]. The molecule has 1 aromatic heterocycles. The predicted octanol–water partition coefficient (Wildman–Crippen LogP) is 3.88. The van der Waals surface area contributed by atoms with Crippen molar-refractivity contribution in [1.29, 1.82) is 0 Å². The minimum absolute atomic E-state index is 0.0698. The molecule has 0 aliphatic rings. The van der Waals surface area contributed by atoms with E-state index in [1.54, 1.807) is 6.92 Å². The topological polar surface area (TPSA) is 65.3 Å². The highest BCUT2D eigenvalue weighted by molar-refractivity contribution is 6.29. The van der Waals surface area contributed by atoms with E-state index in [1.807, 2.05) is 0 Å². The van der Waals surface area contributed by atoms with Crippen LogP contribution in [0, 0.1) is 22.9 Å². The summed E-state index contributed by atoms with van der Waals surface area (Å²) < 4.78 is 18.3. The molecule has 0 bridgehead atoms. The van der Waals surface area contributed by atoms with E-state index in [0.717, 1.165) is 0 Å². The first-order valence-electron chi connectivity index (χ1n) is 5.22. The zero-order chi connectivity index (χ0) is 14.0. The average molecular weight is 283 g/mol. The Bertz CT molecular complexity index is 649. The molecule has 0 atom stereocenters. The second-order valence-corrected chi connectivity index (χ2v) is 4.11. The molecule has 0 amide bonds. The number of benzene rings is 1. The van der Waals surface area contributed by atoms with Crippen LogP contribution in [0.4, 0.5) is 10.1 Å². The number of hydrogen-bond donors (Lipinski definition) is 0. The lowest BCUT2D eigenvalue weighted by Crippen LogP contribution is -1.97. The molecule has 19 heavy (non-hydrogen) atoms. The van der Waals surface area contributed by atoms with Crippen molar-refractivity contribution in [3.63, 3.8) is 0 Å². The Hall–Kier alpha value is -2.21. The summed E-state index contributed by atoms with van der Waals surface area (Å²) in [6, 6.07) is 6.31. The predicted molar refractivity (Wildman–Crippen MR) is 67.1 cm³/mol. The lowest BCUT2D eigenvalue weighted by atomic mass is 10.2. The van der Waals surface area contributed by atoms with Gasteiger partial charge in [0.25, 0.3) is 0 Å².